The number of anilines is 6. The minimum atomic E-state index is -0.674. The number of benzene rings is 12. The van der Waals surface area contributed by atoms with Gasteiger partial charge in [-0.3, -0.25) is 0 Å². The molecule has 0 saturated heterocycles. The summed E-state index contributed by atoms with van der Waals surface area (Å²) in [4.78, 5) is 4.45. The van der Waals surface area contributed by atoms with Gasteiger partial charge in [-0.05, 0) is 179 Å². The fourth-order valence-corrected chi connectivity index (χ4v) is 13.9. The van der Waals surface area contributed by atoms with E-state index >= 15 is 0 Å². The summed E-state index contributed by atoms with van der Waals surface area (Å²) in [6.45, 7) is 25.9. The van der Waals surface area contributed by atoms with E-state index in [-0.39, 0.29) is 65.3 Å². The van der Waals surface area contributed by atoms with Crippen molar-refractivity contribution in [1.82, 2.24) is 9.13 Å². The SMILES string of the molecule is [2H]c1c([2H])c([2H])c2c(c1[2H])c1c([2H])c([2H])c([2H])c([2H])c1n2-c1ccc2c(c1)N(c1ccc(-c3cc(C(C)(C)C)cc(C(C)(C)C)c3)cc1)c1cc(-c3ccccc3)cc3c1B2c1ccc(-n2c4c([2H])c([2H])c([2H])c([2H])c4c4c([2H])c([2H])c([2H])c([2H])c42)cc1N3c1cccc(-c2cc(C(C)(C)C)cc(C(C)(C)C)c2)c1. The zero-order valence-electron chi connectivity index (χ0n) is 70.5. The fourth-order valence-electron chi connectivity index (χ4n) is 13.9. The lowest BCUT2D eigenvalue weighted by Gasteiger charge is -2.44. The van der Waals surface area contributed by atoms with Crippen LogP contribution >= 0.6 is 0 Å². The maximum absolute atomic E-state index is 9.68. The smallest absolute Gasteiger partial charge is 0.252 e. The zero-order chi connectivity index (χ0) is 78.0. The summed E-state index contributed by atoms with van der Waals surface area (Å²) < 4.78 is 152. The maximum Gasteiger partial charge on any atom is 0.252 e. The van der Waals surface area contributed by atoms with E-state index in [1.807, 2.05) is 54.6 Å². The summed E-state index contributed by atoms with van der Waals surface area (Å²) >= 11 is 0. The quantitative estimate of drug-likeness (QED) is 0.148. The molecule has 0 radical (unpaired) electrons. The molecule has 2 aromatic heterocycles. The number of para-hydroxylation sites is 4. The van der Waals surface area contributed by atoms with Crippen LogP contribution in [-0.4, -0.2) is 15.8 Å². The first kappa shape index (κ1) is 42.9. The zero-order valence-corrected chi connectivity index (χ0v) is 54.5. The van der Waals surface area contributed by atoms with Crippen molar-refractivity contribution in [2.75, 3.05) is 9.80 Å². The van der Waals surface area contributed by atoms with Gasteiger partial charge in [0, 0.05) is 67.0 Å². The molecule has 4 nitrogen and oxygen atoms in total. The van der Waals surface area contributed by atoms with Gasteiger partial charge >= 0.3 is 0 Å². The van der Waals surface area contributed by atoms with E-state index in [1.54, 1.807) is 9.13 Å². The van der Waals surface area contributed by atoms with Gasteiger partial charge in [-0.15, -0.1) is 0 Å². The van der Waals surface area contributed by atoms with Crippen LogP contribution in [0.15, 0.2) is 260 Å². The average Bonchev–Trinajstić information content (AvgIpc) is 1.69. The van der Waals surface area contributed by atoms with E-state index in [9.17, 15) is 11.0 Å². The van der Waals surface area contributed by atoms with Gasteiger partial charge in [0.25, 0.3) is 6.71 Å². The number of hydrogen-bond acceptors (Lipinski definition) is 2. The summed E-state index contributed by atoms with van der Waals surface area (Å²) in [5.74, 6) is 0. The molecule has 0 amide bonds. The summed E-state index contributed by atoms with van der Waals surface area (Å²) in [5.41, 5.74) is 16.8. The van der Waals surface area contributed by atoms with E-state index < -0.39 is 103 Å². The molecule has 0 aliphatic carbocycles. The van der Waals surface area contributed by atoms with Crippen LogP contribution in [0, 0.1) is 0 Å². The van der Waals surface area contributed by atoms with Crippen LogP contribution in [0.4, 0.5) is 34.1 Å². The predicted octanol–water partition coefficient (Wildman–Crippen LogP) is 22.2. The minimum absolute atomic E-state index is 0.0335. The molecule has 0 bridgehead atoms. The Bertz CT molecular complexity index is 6090. The third-order valence-corrected chi connectivity index (χ3v) is 19.0. The van der Waals surface area contributed by atoms with Crippen LogP contribution < -0.4 is 26.2 Å². The Kier molecular flexibility index (Phi) is 9.79. The minimum Gasteiger partial charge on any atom is -0.311 e. The van der Waals surface area contributed by atoms with Crippen LogP contribution in [-0.2, 0) is 21.7 Å². The number of hydrogen-bond donors (Lipinski definition) is 0. The molecule has 93 heavy (non-hydrogen) atoms. The summed E-state index contributed by atoms with van der Waals surface area (Å²) in [6.07, 6.45) is 0. The van der Waals surface area contributed by atoms with Crippen molar-refractivity contribution in [1.29, 1.82) is 0 Å². The van der Waals surface area contributed by atoms with Crippen LogP contribution in [0.2, 0.25) is 0 Å². The van der Waals surface area contributed by atoms with Crippen LogP contribution in [0.25, 0.3) is 88.4 Å². The van der Waals surface area contributed by atoms with Crippen molar-refractivity contribution in [2.24, 2.45) is 0 Å². The van der Waals surface area contributed by atoms with Gasteiger partial charge in [-0.2, -0.15) is 0 Å². The lowest BCUT2D eigenvalue weighted by molar-refractivity contribution is 0.568. The highest BCUT2D eigenvalue weighted by Gasteiger charge is 2.44. The molecule has 14 aromatic rings. The largest absolute Gasteiger partial charge is 0.311 e. The third kappa shape index (κ3) is 9.72. The monoisotopic (exact) mass is 1220 g/mol. The van der Waals surface area contributed by atoms with Crippen molar-refractivity contribution in [3.8, 4) is 44.8 Å². The second-order valence-electron chi connectivity index (χ2n) is 29.1. The molecule has 0 fully saturated rings. The highest BCUT2D eigenvalue weighted by molar-refractivity contribution is 7.00. The first-order valence-corrected chi connectivity index (χ1v) is 31.9. The van der Waals surface area contributed by atoms with E-state index in [4.69, 9.17) is 11.0 Å². The van der Waals surface area contributed by atoms with Crippen molar-refractivity contribution in [3.05, 3.63) is 283 Å². The van der Waals surface area contributed by atoms with Gasteiger partial charge in [0.15, 0.2) is 0 Å². The number of nitrogens with zero attached hydrogens (tertiary/aromatic N) is 4. The molecule has 454 valence electrons. The molecule has 0 saturated carbocycles. The molecule has 12 aromatic carbocycles. The standard InChI is InChI=1S/C88H79BN4/c1-85(2,3)62-45-59(46-63(52-62)86(4,5)6)57-37-39-66(40-38-57)90-80-54-68(91-76-33-20-16-29-70(76)71-30-17-21-34-77(71)91)41-43-74(80)89-75-44-42-69(92-78-35-22-18-31-72(78)73-32-19-23-36-79(73)92)55-81(75)93(83-51-61(50-82(90)84(83)89)56-25-14-13-15-26-56)67-28-24-27-58(49-67)60-47-64(87(7,8)9)53-65(48-60)88(10,11)12/h13-55H,1-12H3/i16D,17D,18D,19D,20D,21D,22D,23D,29D,30D,31D,32D,33D,34D,35D,36D. The van der Waals surface area contributed by atoms with Crippen molar-refractivity contribution < 1.29 is 21.9 Å². The third-order valence-electron chi connectivity index (χ3n) is 19.0. The lowest BCUT2D eigenvalue weighted by atomic mass is 9.33. The molecule has 0 atom stereocenters. The van der Waals surface area contributed by atoms with Crippen molar-refractivity contribution in [3.63, 3.8) is 0 Å². The highest BCUT2D eigenvalue weighted by Crippen LogP contribution is 2.49. The number of fused-ring (bicyclic) bond motifs is 10. The van der Waals surface area contributed by atoms with Gasteiger partial charge in [0.05, 0.1) is 44.0 Å². The second kappa shape index (κ2) is 21.2. The Morgan fingerprint density at radius 1 is 0.280 bits per heavy atom. The Hall–Kier alpha value is -10.1. The molecule has 4 heterocycles. The first-order valence-electron chi connectivity index (χ1n) is 39.9. The van der Waals surface area contributed by atoms with E-state index in [0.29, 0.717) is 22.7 Å². The predicted molar refractivity (Wildman–Crippen MR) is 400 cm³/mol. The van der Waals surface area contributed by atoms with Crippen LogP contribution in [0.5, 0.6) is 0 Å². The Labute approximate surface area is 571 Å². The Morgan fingerprint density at radius 2 is 0.634 bits per heavy atom. The Morgan fingerprint density at radius 3 is 1.05 bits per heavy atom. The molecule has 5 heteroatoms. The maximum atomic E-state index is 9.68. The summed E-state index contributed by atoms with van der Waals surface area (Å²) in [7, 11) is 0. The topological polar surface area (TPSA) is 16.3 Å². The molecule has 16 rings (SSSR count). The van der Waals surface area contributed by atoms with E-state index in [1.165, 1.54) is 11.1 Å². The van der Waals surface area contributed by atoms with Gasteiger partial charge in [-0.25, -0.2) is 0 Å². The molecular weight excluding hydrogens is 1120 g/mol. The van der Waals surface area contributed by atoms with Gasteiger partial charge in [0.1, 0.15) is 0 Å². The summed E-state index contributed by atoms with van der Waals surface area (Å²) in [5, 5.41) is -0.231. The number of rotatable bonds is 7. The molecule has 0 unspecified atom stereocenters. The molecule has 0 N–H and O–H groups in total. The van der Waals surface area contributed by atoms with E-state index in [0.717, 1.165) is 83.6 Å². The van der Waals surface area contributed by atoms with Gasteiger partial charge in [0.2, 0.25) is 0 Å². The average molecular weight is 1220 g/mol. The van der Waals surface area contributed by atoms with Crippen molar-refractivity contribution in [2.45, 2.75) is 105 Å². The van der Waals surface area contributed by atoms with Crippen LogP contribution in [0.1, 0.15) is 127 Å². The molecule has 0 spiro atoms. The fraction of sp³-hybridized carbons (Fsp3) is 0.182. The normalized spacial score (nSPS) is 15.7. The van der Waals surface area contributed by atoms with Gasteiger partial charge in [-0.1, -0.05) is 259 Å². The molecule has 2 aliphatic heterocycles. The van der Waals surface area contributed by atoms with Crippen molar-refractivity contribution >= 4 is 101 Å². The number of aromatic nitrogens is 2. The Balaban J connectivity index is 1.05. The summed E-state index contributed by atoms with van der Waals surface area (Å²) in [6, 6.07) is 48.6. The lowest BCUT2D eigenvalue weighted by Crippen LogP contribution is -2.61. The van der Waals surface area contributed by atoms with E-state index in [2.05, 4.69) is 202 Å². The molecular formula is C88H79BN4. The van der Waals surface area contributed by atoms with Gasteiger partial charge < -0.3 is 18.9 Å². The first-order chi connectivity index (χ1) is 51.3. The highest BCUT2D eigenvalue weighted by atomic mass is 15.2. The second-order valence-corrected chi connectivity index (χ2v) is 29.1. The van der Waals surface area contributed by atoms with Crippen LogP contribution in [0.3, 0.4) is 0 Å². The molecule has 2 aliphatic rings.